The van der Waals surface area contributed by atoms with Crippen molar-refractivity contribution in [3.63, 3.8) is 0 Å². The van der Waals surface area contributed by atoms with Gasteiger partial charge in [-0.2, -0.15) is 0 Å². The number of hydrogen-bond donors (Lipinski definition) is 3. The molecule has 1 unspecified atom stereocenters. The lowest BCUT2D eigenvalue weighted by atomic mass is 10.1. The van der Waals surface area contributed by atoms with Crippen LogP contribution in [-0.2, 0) is 16.1 Å². The molecule has 1 aliphatic heterocycles. The van der Waals surface area contributed by atoms with Crippen LogP contribution in [0.15, 0.2) is 18.3 Å². The summed E-state index contributed by atoms with van der Waals surface area (Å²) in [6, 6.07) is 3.35. The molecular weight excluding hydrogens is 234 g/mol. The summed E-state index contributed by atoms with van der Waals surface area (Å²) in [7, 11) is 0. The Balaban J connectivity index is 2.08. The molecule has 1 atom stereocenters. The number of ether oxygens (including phenoxy) is 1. The zero-order valence-corrected chi connectivity index (χ0v) is 10.0. The van der Waals surface area contributed by atoms with Gasteiger partial charge in [0.05, 0.1) is 13.2 Å². The molecule has 7 heteroatoms. The summed E-state index contributed by atoms with van der Waals surface area (Å²) < 4.78 is 5.27. The lowest BCUT2D eigenvalue weighted by molar-refractivity contribution is -0.129. The van der Waals surface area contributed by atoms with Gasteiger partial charge in [0.1, 0.15) is 11.9 Å². The van der Waals surface area contributed by atoms with E-state index in [0.29, 0.717) is 32.1 Å². The smallest absolute Gasteiger partial charge is 0.237 e. The topological polar surface area (TPSA) is 106 Å². The third-order valence-corrected chi connectivity index (χ3v) is 2.93. The first-order valence-corrected chi connectivity index (χ1v) is 5.73. The maximum atomic E-state index is 11.3. The maximum absolute atomic E-state index is 11.3. The first-order chi connectivity index (χ1) is 8.70. The first kappa shape index (κ1) is 12.7. The Morgan fingerprint density at radius 1 is 1.67 bits per heavy atom. The normalized spacial score (nSPS) is 20.6. The van der Waals surface area contributed by atoms with Crippen molar-refractivity contribution in [3.8, 4) is 0 Å². The van der Waals surface area contributed by atoms with E-state index in [0.717, 1.165) is 5.56 Å². The third-order valence-electron chi connectivity index (χ3n) is 2.93. The highest BCUT2D eigenvalue weighted by atomic mass is 16.5. The Morgan fingerprint density at radius 2 is 2.50 bits per heavy atom. The van der Waals surface area contributed by atoms with E-state index < -0.39 is 0 Å². The quantitative estimate of drug-likeness (QED) is 0.470. The van der Waals surface area contributed by atoms with E-state index in [9.17, 15) is 4.79 Å². The number of anilines is 1. The molecule has 98 valence electrons. The molecule has 1 amide bonds. The number of morpholine rings is 1. The molecule has 7 nitrogen and oxygen atoms in total. The minimum atomic E-state index is -0.374. The lowest BCUT2D eigenvalue weighted by Gasteiger charge is -2.33. The fraction of sp³-hybridized carbons (Fsp3) is 0.455. The number of amides is 1. The number of hydrazine groups is 1. The second-order valence-corrected chi connectivity index (χ2v) is 4.16. The summed E-state index contributed by atoms with van der Waals surface area (Å²) in [5, 5.41) is 0. The molecule has 5 N–H and O–H groups in total. The number of pyridine rings is 1. The van der Waals surface area contributed by atoms with E-state index in [2.05, 4.69) is 10.4 Å². The molecule has 0 aliphatic carbocycles. The minimum absolute atomic E-state index is 0.350. The number of carbonyl (C=O) groups is 1. The molecule has 18 heavy (non-hydrogen) atoms. The second kappa shape index (κ2) is 5.76. The van der Waals surface area contributed by atoms with Crippen LogP contribution in [-0.4, -0.2) is 41.6 Å². The van der Waals surface area contributed by atoms with Crippen molar-refractivity contribution in [2.45, 2.75) is 12.6 Å². The van der Waals surface area contributed by atoms with Crippen molar-refractivity contribution in [1.29, 1.82) is 0 Å². The van der Waals surface area contributed by atoms with Gasteiger partial charge in [-0.05, 0) is 17.7 Å². The van der Waals surface area contributed by atoms with Crippen LogP contribution in [0.4, 0.5) is 5.82 Å². The number of nitrogens with zero attached hydrogens (tertiary/aromatic N) is 2. The molecule has 0 saturated carbocycles. The predicted octanol–water partition coefficient (Wildman–Crippen LogP) is -0.947. The summed E-state index contributed by atoms with van der Waals surface area (Å²) in [6.07, 6.45) is 1.67. The van der Waals surface area contributed by atoms with Gasteiger partial charge in [0, 0.05) is 19.3 Å². The highest BCUT2D eigenvalue weighted by molar-refractivity contribution is 5.80. The van der Waals surface area contributed by atoms with Gasteiger partial charge >= 0.3 is 0 Å². The third kappa shape index (κ3) is 2.95. The van der Waals surface area contributed by atoms with E-state index in [1.807, 2.05) is 17.0 Å². The Morgan fingerprint density at radius 3 is 3.22 bits per heavy atom. The monoisotopic (exact) mass is 251 g/mol. The molecule has 1 saturated heterocycles. The zero-order valence-electron chi connectivity index (χ0n) is 10.0. The predicted molar refractivity (Wildman–Crippen MR) is 66.3 cm³/mol. The van der Waals surface area contributed by atoms with Gasteiger partial charge in [-0.1, -0.05) is 0 Å². The van der Waals surface area contributed by atoms with Crippen molar-refractivity contribution in [3.05, 3.63) is 23.9 Å². The summed E-state index contributed by atoms with van der Waals surface area (Å²) in [6.45, 7) is 2.26. The van der Waals surface area contributed by atoms with Crippen LogP contribution in [0.2, 0.25) is 0 Å². The zero-order chi connectivity index (χ0) is 13.0. The Bertz CT molecular complexity index is 426. The molecule has 1 aliphatic rings. The van der Waals surface area contributed by atoms with Crippen molar-refractivity contribution in [2.75, 3.05) is 25.2 Å². The van der Waals surface area contributed by atoms with Gasteiger partial charge in [-0.25, -0.2) is 10.8 Å². The molecule has 0 spiro atoms. The average Bonchev–Trinajstić information content (AvgIpc) is 2.39. The summed E-state index contributed by atoms with van der Waals surface area (Å²) in [4.78, 5) is 17.4. The maximum Gasteiger partial charge on any atom is 0.237 e. The van der Waals surface area contributed by atoms with Gasteiger partial charge in [-0.15, -0.1) is 0 Å². The first-order valence-electron chi connectivity index (χ1n) is 5.73. The van der Waals surface area contributed by atoms with Crippen molar-refractivity contribution < 1.29 is 9.53 Å². The average molecular weight is 251 g/mol. The van der Waals surface area contributed by atoms with Gasteiger partial charge in [-0.3, -0.25) is 9.69 Å². The Hall–Kier alpha value is -1.70. The van der Waals surface area contributed by atoms with Gasteiger partial charge in [0.15, 0.2) is 0 Å². The fourth-order valence-corrected chi connectivity index (χ4v) is 1.98. The number of nitrogen functional groups attached to an aromatic ring is 1. The number of nitrogens with two attached hydrogens (primary N) is 2. The molecule has 1 aromatic heterocycles. The van der Waals surface area contributed by atoms with Crippen molar-refractivity contribution in [2.24, 2.45) is 11.6 Å². The molecule has 2 rings (SSSR count). The molecular formula is C11H17N5O2. The molecule has 0 aromatic carbocycles. The summed E-state index contributed by atoms with van der Waals surface area (Å²) in [5.74, 6) is 5.54. The number of rotatable bonds is 4. The van der Waals surface area contributed by atoms with Crippen LogP contribution in [0.25, 0.3) is 0 Å². The van der Waals surface area contributed by atoms with E-state index in [1.54, 1.807) is 6.20 Å². The van der Waals surface area contributed by atoms with Crippen LogP contribution >= 0.6 is 0 Å². The molecule has 0 radical (unpaired) electrons. The summed E-state index contributed by atoms with van der Waals surface area (Å²) >= 11 is 0. The number of hydrogen-bond acceptors (Lipinski definition) is 6. The van der Waals surface area contributed by atoms with E-state index in [-0.39, 0.29) is 11.9 Å². The number of carbonyl (C=O) groups excluding carboxylic acids is 1. The Labute approximate surface area is 105 Å². The van der Waals surface area contributed by atoms with Crippen LogP contribution < -0.4 is 17.0 Å². The molecule has 1 fully saturated rings. The van der Waals surface area contributed by atoms with Gasteiger partial charge in [0.2, 0.25) is 5.91 Å². The molecule has 1 aromatic rings. The summed E-state index contributed by atoms with van der Waals surface area (Å²) in [5.41, 5.74) is 8.87. The largest absolute Gasteiger partial charge is 0.378 e. The fourth-order valence-electron chi connectivity index (χ4n) is 1.98. The van der Waals surface area contributed by atoms with Crippen molar-refractivity contribution in [1.82, 2.24) is 9.88 Å². The standard InChI is InChI=1S/C11H17N5O2/c12-11(17)9-7-18-4-3-16(9)6-8-1-2-14-10(5-8)15-13/h1-2,5,9H,3-4,6-7,13H2,(H2,12,17)(H,14,15). The SMILES string of the molecule is NNc1cc(CN2CCOCC2C(N)=O)ccn1. The van der Waals surface area contributed by atoms with Crippen molar-refractivity contribution >= 4 is 11.7 Å². The second-order valence-electron chi connectivity index (χ2n) is 4.16. The Kier molecular flexibility index (Phi) is 4.08. The van der Waals surface area contributed by atoms with E-state index >= 15 is 0 Å². The van der Waals surface area contributed by atoms with Gasteiger partial charge < -0.3 is 15.9 Å². The number of nitrogens with one attached hydrogen (secondary N) is 1. The van der Waals surface area contributed by atoms with Crippen LogP contribution in [0.5, 0.6) is 0 Å². The minimum Gasteiger partial charge on any atom is -0.378 e. The molecule has 0 bridgehead atoms. The van der Waals surface area contributed by atoms with Crippen LogP contribution in [0.3, 0.4) is 0 Å². The lowest BCUT2D eigenvalue weighted by Crippen LogP contribution is -2.51. The molecule has 2 heterocycles. The van der Waals surface area contributed by atoms with E-state index in [4.69, 9.17) is 16.3 Å². The number of aromatic nitrogens is 1. The van der Waals surface area contributed by atoms with Gasteiger partial charge in [0.25, 0.3) is 0 Å². The highest BCUT2D eigenvalue weighted by Crippen LogP contribution is 2.13. The highest BCUT2D eigenvalue weighted by Gasteiger charge is 2.27. The number of primary amides is 1. The van der Waals surface area contributed by atoms with E-state index in [1.165, 1.54) is 0 Å². The van der Waals surface area contributed by atoms with Crippen LogP contribution in [0, 0.1) is 0 Å². The van der Waals surface area contributed by atoms with Crippen LogP contribution in [0.1, 0.15) is 5.56 Å².